The minimum Gasteiger partial charge on any atom is -0.273 e. The predicted octanol–water partition coefficient (Wildman–Crippen LogP) is 4.36. The number of hydrogen-bond donors (Lipinski definition) is 0. The van der Waals surface area contributed by atoms with E-state index in [4.69, 9.17) is 4.99 Å². The number of halogens is 1. The highest BCUT2D eigenvalue weighted by molar-refractivity contribution is 9.10. The van der Waals surface area contributed by atoms with E-state index in [2.05, 4.69) is 54.9 Å². The first-order valence-electron chi connectivity index (χ1n) is 5.44. The number of thioether (sulfide) groups is 1. The Morgan fingerprint density at radius 1 is 1.31 bits per heavy atom. The lowest BCUT2D eigenvalue weighted by Crippen LogP contribution is -2.24. The molecular formula is C13H16BrNS. The maximum absolute atomic E-state index is 4.84. The Hall–Kier alpha value is -0.280. The molecule has 0 aliphatic carbocycles. The summed E-state index contributed by atoms with van der Waals surface area (Å²) in [6.07, 6.45) is 0. The third kappa shape index (κ3) is 2.51. The van der Waals surface area contributed by atoms with Crippen LogP contribution in [0.5, 0.6) is 0 Å². The van der Waals surface area contributed by atoms with Crippen LogP contribution in [0.15, 0.2) is 33.7 Å². The second-order valence-electron chi connectivity index (χ2n) is 5.11. The molecule has 0 N–H and O–H groups in total. The van der Waals surface area contributed by atoms with E-state index < -0.39 is 0 Å². The highest BCUT2D eigenvalue weighted by Crippen LogP contribution is 2.34. The fraction of sp³-hybridized carbons (Fsp3) is 0.462. The van der Waals surface area contributed by atoms with Gasteiger partial charge < -0.3 is 0 Å². The van der Waals surface area contributed by atoms with Gasteiger partial charge >= 0.3 is 0 Å². The maximum Gasteiger partial charge on any atom is 0.0992 e. The van der Waals surface area contributed by atoms with E-state index >= 15 is 0 Å². The molecule has 16 heavy (non-hydrogen) atoms. The van der Waals surface area contributed by atoms with Crippen molar-refractivity contribution in [3.05, 3.63) is 34.3 Å². The van der Waals surface area contributed by atoms with Crippen LogP contribution in [-0.2, 0) is 0 Å². The van der Waals surface area contributed by atoms with Crippen LogP contribution >= 0.6 is 27.7 Å². The molecule has 0 saturated carbocycles. The summed E-state index contributed by atoms with van der Waals surface area (Å²) in [6, 6.07) is 8.73. The summed E-state index contributed by atoms with van der Waals surface area (Å²) in [4.78, 5) is 4.84. The average Bonchev–Trinajstić information content (AvgIpc) is 2.66. The molecule has 0 unspecified atom stereocenters. The molecule has 1 aliphatic rings. The van der Waals surface area contributed by atoms with Gasteiger partial charge in [-0.15, -0.1) is 11.8 Å². The van der Waals surface area contributed by atoms with Crippen molar-refractivity contribution < 1.29 is 0 Å². The molecule has 0 radical (unpaired) electrons. The second kappa shape index (κ2) is 4.53. The van der Waals surface area contributed by atoms with Gasteiger partial charge in [0, 0.05) is 15.8 Å². The molecule has 0 amide bonds. The Balaban J connectivity index is 2.28. The third-order valence-electron chi connectivity index (χ3n) is 2.75. The van der Waals surface area contributed by atoms with Crippen LogP contribution in [0.2, 0.25) is 0 Å². The van der Waals surface area contributed by atoms with E-state index in [9.17, 15) is 0 Å². The van der Waals surface area contributed by atoms with Gasteiger partial charge in [0.15, 0.2) is 0 Å². The average molecular weight is 298 g/mol. The van der Waals surface area contributed by atoms with Gasteiger partial charge in [-0.3, -0.25) is 4.99 Å². The van der Waals surface area contributed by atoms with Gasteiger partial charge in [0.1, 0.15) is 0 Å². The molecule has 1 atom stereocenters. The van der Waals surface area contributed by atoms with Gasteiger partial charge in [0.05, 0.1) is 11.1 Å². The summed E-state index contributed by atoms with van der Waals surface area (Å²) in [7, 11) is 0. The van der Waals surface area contributed by atoms with Crippen LogP contribution in [0.25, 0.3) is 0 Å². The quantitative estimate of drug-likeness (QED) is 0.750. The minimum absolute atomic E-state index is 0.260. The SMILES string of the molecule is CC(C)(C)[C@H]1CSC(c2ccccc2Br)=N1. The summed E-state index contributed by atoms with van der Waals surface area (Å²) in [5.74, 6) is 1.10. The smallest absolute Gasteiger partial charge is 0.0992 e. The number of hydrogen-bond acceptors (Lipinski definition) is 2. The Morgan fingerprint density at radius 3 is 2.56 bits per heavy atom. The van der Waals surface area contributed by atoms with Crippen molar-refractivity contribution in [3.63, 3.8) is 0 Å². The van der Waals surface area contributed by atoms with E-state index in [0.29, 0.717) is 6.04 Å². The molecule has 3 heteroatoms. The summed E-state index contributed by atoms with van der Waals surface area (Å²) < 4.78 is 1.14. The van der Waals surface area contributed by atoms with E-state index in [1.165, 1.54) is 10.6 Å². The molecule has 0 bridgehead atoms. The van der Waals surface area contributed by atoms with E-state index in [0.717, 1.165) is 10.2 Å². The molecule has 2 rings (SSSR count). The number of rotatable bonds is 1. The second-order valence-corrected chi connectivity index (χ2v) is 6.97. The molecule has 86 valence electrons. The van der Waals surface area contributed by atoms with Gasteiger partial charge in [-0.1, -0.05) is 54.9 Å². The highest BCUT2D eigenvalue weighted by atomic mass is 79.9. The molecule has 1 aliphatic heterocycles. The molecule has 0 saturated heterocycles. The Bertz CT molecular complexity index is 420. The Morgan fingerprint density at radius 2 is 2.00 bits per heavy atom. The maximum atomic E-state index is 4.84. The minimum atomic E-state index is 0.260. The zero-order valence-corrected chi connectivity index (χ0v) is 12.2. The van der Waals surface area contributed by atoms with Crippen molar-refractivity contribution in [2.24, 2.45) is 10.4 Å². The first kappa shape index (κ1) is 12.2. The van der Waals surface area contributed by atoms with E-state index in [1.54, 1.807) is 0 Å². The molecule has 0 fully saturated rings. The lowest BCUT2D eigenvalue weighted by molar-refractivity contribution is 0.349. The summed E-state index contributed by atoms with van der Waals surface area (Å²) in [5.41, 5.74) is 1.48. The predicted molar refractivity (Wildman–Crippen MR) is 76.4 cm³/mol. The monoisotopic (exact) mass is 297 g/mol. The highest BCUT2D eigenvalue weighted by Gasteiger charge is 2.30. The first-order chi connectivity index (χ1) is 7.48. The van der Waals surface area contributed by atoms with Gasteiger partial charge in [-0.25, -0.2) is 0 Å². The van der Waals surface area contributed by atoms with Crippen LogP contribution in [-0.4, -0.2) is 16.8 Å². The van der Waals surface area contributed by atoms with Crippen LogP contribution in [0.3, 0.4) is 0 Å². The van der Waals surface area contributed by atoms with Crippen LogP contribution < -0.4 is 0 Å². The lowest BCUT2D eigenvalue weighted by atomic mass is 9.88. The van der Waals surface area contributed by atoms with Gasteiger partial charge in [0.2, 0.25) is 0 Å². The number of aliphatic imine (C=N–C) groups is 1. The van der Waals surface area contributed by atoms with Crippen molar-refractivity contribution in [2.75, 3.05) is 5.75 Å². The summed E-state index contributed by atoms with van der Waals surface area (Å²) in [5, 5.41) is 1.17. The topological polar surface area (TPSA) is 12.4 Å². The van der Waals surface area contributed by atoms with Gasteiger partial charge in [-0.2, -0.15) is 0 Å². The van der Waals surface area contributed by atoms with E-state index in [1.807, 2.05) is 17.8 Å². The molecule has 1 nitrogen and oxygen atoms in total. The standard InChI is InChI=1S/C13H16BrNS/c1-13(2,3)11-8-16-12(15-11)9-6-4-5-7-10(9)14/h4-7,11H,8H2,1-3H3/t11-/m1/s1. The zero-order valence-electron chi connectivity index (χ0n) is 9.83. The summed E-state index contributed by atoms with van der Waals surface area (Å²) >= 11 is 5.45. The van der Waals surface area contributed by atoms with E-state index in [-0.39, 0.29) is 5.41 Å². The van der Waals surface area contributed by atoms with Crippen LogP contribution in [0, 0.1) is 5.41 Å². The molecule has 1 heterocycles. The number of nitrogens with zero attached hydrogens (tertiary/aromatic N) is 1. The largest absolute Gasteiger partial charge is 0.273 e. The fourth-order valence-corrected chi connectivity index (χ4v) is 3.63. The number of benzene rings is 1. The zero-order chi connectivity index (χ0) is 11.8. The van der Waals surface area contributed by atoms with Crippen LogP contribution in [0.4, 0.5) is 0 Å². The Kier molecular flexibility index (Phi) is 3.45. The van der Waals surface area contributed by atoms with Crippen LogP contribution in [0.1, 0.15) is 26.3 Å². The molecule has 1 aromatic carbocycles. The van der Waals surface area contributed by atoms with Gasteiger partial charge in [0.25, 0.3) is 0 Å². The third-order valence-corrected chi connectivity index (χ3v) is 4.53. The van der Waals surface area contributed by atoms with Gasteiger partial charge in [-0.05, 0) is 11.5 Å². The lowest BCUT2D eigenvalue weighted by Gasteiger charge is -2.23. The normalized spacial score (nSPS) is 21.0. The Labute approximate surface area is 110 Å². The molecular weight excluding hydrogens is 282 g/mol. The molecule has 0 aromatic heterocycles. The molecule has 1 aromatic rings. The molecule has 0 spiro atoms. The van der Waals surface area contributed by atoms with Crippen molar-refractivity contribution in [1.82, 2.24) is 0 Å². The fourth-order valence-electron chi connectivity index (χ4n) is 1.60. The van der Waals surface area contributed by atoms with Crippen molar-refractivity contribution in [1.29, 1.82) is 0 Å². The first-order valence-corrected chi connectivity index (χ1v) is 7.22. The summed E-state index contributed by atoms with van der Waals surface area (Å²) in [6.45, 7) is 6.76. The van der Waals surface area contributed by atoms with Crippen molar-refractivity contribution >= 4 is 32.7 Å². The van der Waals surface area contributed by atoms with Crippen molar-refractivity contribution in [3.8, 4) is 0 Å². The van der Waals surface area contributed by atoms with Crippen molar-refractivity contribution in [2.45, 2.75) is 26.8 Å².